The van der Waals surface area contributed by atoms with Gasteiger partial charge in [0.15, 0.2) is 0 Å². The first-order valence-corrected chi connectivity index (χ1v) is 6.14. The summed E-state index contributed by atoms with van der Waals surface area (Å²) >= 11 is 0. The van der Waals surface area contributed by atoms with Gasteiger partial charge in [0.25, 0.3) is 0 Å². The van der Waals surface area contributed by atoms with E-state index in [0.29, 0.717) is 18.8 Å². The van der Waals surface area contributed by atoms with Crippen LogP contribution in [0.1, 0.15) is 17.5 Å². The van der Waals surface area contributed by atoms with E-state index in [1.165, 1.54) is 5.56 Å². The van der Waals surface area contributed by atoms with Crippen LogP contribution in [0, 0.1) is 13.8 Å². The van der Waals surface area contributed by atoms with Gasteiger partial charge in [-0.3, -0.25) is 9.89 Å². The number of rotatable bonds is 5. The predicted molar refractivity (Wildman–Crippen MR) is 73.2 cm³/mol. The van der Waals surface area contributed by atoms with E-state index in [1.807, 2.05) is 38.1 Å². The van der Waals surface area contributed by atoms with Crippen molar-refractivity contribution in [3.63, 3.8) is 0 Å². The van der Waals surface area contributed by atoms with Crippen molar-refractivity contribution >= 4 is 11.7 Å². The number of hydrogen-bond donors (Lipinski definition) is 2. The van der Waals surface area contributed by atoms with Gasteiger partial charge in [-0.2, -0.15) is 5.10 Å². The molecule has 2 N–H and O–H groups in total. The molecule has 0 spiro atoms. The van der Waals surface area contributed by atoms with Crippen molar-refractivity contribution in [2.75, 3.05) is 11.9 Å². The maximum absolute atomic E-state index is 11.7. The van der Waals surface area contributed by atoms with Crippen LogP contribution in [-0.4, -0.2) is 22.7 Å². The van der Waals surface area contributed by atoms with Crippen LogP contribution < -0.4 is 10.1 Å². The van der Waals surface area contributed by atoms with Crippen LogP contribution in [0.15, 0.2) is 30.5 Å². The van der Waals surface area contributed by atoms with Crippen LogP contribution in [0.25, 0.3) is 0 Å². The molecule has 0 saturated heterocycles. The Bertz CT molecular complexity index is 546. The molecule has 1 aromatic carbocycles. The van der Waals surface area contributed by atoms with Gasteiger partial charge in [0.05, 0.1) is 19.2 Å². The first-order valence-electron chi connectivity index (χ1n) is 6.14. The largest absolute Gasteiger partial charge is 0.493 e. The van der Waals surface area contributed by atoms with Gasteiger partial charge >= 0.3 is 0 Å². The number of hydrogen-bond acceptors (Lipinski definition) is 3. The van der Waals surface area contributed by atoms with Crippen LogP contribution in [0.5, 0.6) is 5.75 Å². The lowest BCUT2D eigenvalue weighted by molar-refractivity contribution is -0.116. The topological polar surface area (TPSA) is 67.0 Å². The molecule has 0 aliphatic heterocycles. The fourth-order valence-electron chi connectivity index (χ4n) is 1.57. The molecule has 0 fully saturated rings. The highest BCUT2D eigenvalue weighted by molar-refractivity contribution is 5.90. The van der Waals surface area contributed by atoms with Gasteiger partial charge in [0.1, 0.15) is 11.6 Å². The summed E-state index contributed by atoms with van der Waals surface area (Å²) in [6.45, 7) is 4.24. The number of amides is 1. The molecule has 0 unspecified atom stereocenters. The van der Waals surface area contributed by atoms with Gasteiger partial charge in [-0.25, -0.2) is 0 Å². The fraction of sp³-hybridized carbons (Fsp3) is 0.286. The number of carbonyl (C=O) groups is 1. The molecule has 5 nitrogen and oxygen atoms in total. The zero-order valence-electron chi connectivity index (χ0n) is 11.1. The SMILES string of the molecule is Cc1ccc(OCCC(=O)Nc2[nH]ncc2C)cc1. The molecule has 0 atom stereocenters. The average Bonchev–Trinajstić information content (AvgIpc) is 2.78. The summed E-state index contributed by atoms with van der Waals surface area (Å²) in [6.07, 6.45) is 1.96. The molecular weight excluding hydrogens is 242 g/mol. The molecule has 5 heteroatoms. The molecule has 0 aliphatic rings. The van der Waals surface area contributed by atoms with Crippen LogP contribution >= 0.6 is 0 Å². The molecule has 1 amide bonds. The van der Waals surface area contributed by atoms with E-state index < -0.39 is 0 Å². The summed E-state index contributed by atoms with van der Waals surface area (Å²) in [7, 11) is 0. The molecule has 100 valence electrons. The third-order valence-electron chi connectivity index (χ3n) is 2.71. The minimum atomic E-state index is -0.0977. The number of benzene rings is 1. The molecule has 0 radical (unpaired) electrons. The minimum absolute atomic E-state index is 0.0977. The van der Waals surface area contributed by atoms with Crippen LogP contribution in [0.4, 0.5) is 5.82 Å². The first-order chi connectivity index (χ1) is 9.15. The lowest BCUT2D eigenvalue weighted by atomic mass is 10.2. The van der Waals surface area contributed by atoms with Crippen molar-refractivity contribution in [1.29, 1.82) is 0 Å². The fourth-order valence-corrected chi connectivity index (χ4v) is 1.57. The predicted octanol–water partition coefficient (Wildman–Crippen LogP) is 2.43. The van der Waals surface area contributed by atoms with Crippen LogP contribution in [-0.2, 0) is 4.79 Å². The molecule has 2 rings (SSSR count). The monoisotopic (exact) mass is 259 g/mol. The Morgan fingerprint density at radius 3 is 2.68 bits per heavy atom. The van der Waals surface area contributed by atoms with Crippen molar-refractivity contribution in [1.82, 2.24) is 10.2 Å². The molecular formula is C14H17N3O2. The standard InChI is InChI=1S/C14H17N3O2/c1-10-3-5-12(6-4-10)19-8-7-13(18)16-14-11(2)9-15-17-14/h3-6,9H,7-8H2,1-2H3,(H2,15,16,17,18). The van der Waals surface area contributed by atoms with E-state index in [4.69, 9.17) is 4.74 Å². The number of ether oxygens (including phenoxy) is 1. The second-order valence-electron chi connectivity index (χ2n) is 4.39. The summed E-state index contributed by atoms with van der Waals surface area (Å²) in [5, 5.41) is 9.32. The van der Waals surface area contributed by atoms with Gasteiger partial charge < -0.3 is 10.1 Å². The van der Waals surface area contributed by atoms with E-state index in [-0.39, 0.29) is 5.91 Å². The number of aryl methyl sites for hydroxylation is 2. The van der Waals surface area contributed by atoms with Crippen molar-refractivity contribution in [2.45, 2.75) is 20.3 Å². The molecule has 0 bridgehead atoms. The summed E-state index contributed by atoms with van der Waals surface area (Å²) in [6, 6.07) is 7.74. The second kappa shape index (κ2) is 6.04. The van der Waals surface area contributed by atoms with E-state index in [1.54, 1.807) is 6.20 Å². The van der Waals surface area contributed by atoms with Gasteiger partial charge in [0, 0.05) is 5.56 Å². The summed E-state index contributed by atoms with van der Waals surface area (Å²) < 4.78 is 5.49. The van der Waals surface area contributed by atoms with Crippen LogP contribution in [0.2, 0.25) is 0 Å². The number of aromatic nitrogens is 2. The number of H-pyrrole nitrogens is 1. The van der Waals surface area contributed by atoms with E-state index in [9.17, 15) is 4.79 Å². The van der Waals surface area contributed by atoms with Gasteiger partial charge in [-0.15, -0.1) is 0 Å². The van der Waals surface area contributed by atoms with Crippen molar-refractivity contribution in [2.24, 2.45) is 0 Å². The van der Waals surface area contributed by atoms with Crippen molar-refractivity contribution < 1.29 is 9.53 Å². The van der Waals surface area contributed by atoms with Crippen LogP contribution in [0.3, 0.4) is 0 Å². The molecule has 2 aromatic rings. The number of anilines is 1. The summed E-state index contributed by atoms with van der Waals surface area (Å²) in [5.74, 6) is 1.32. The zero-order chi connectivity index (χ0) is 13.7. The molecule has 1 heterocycles. The Balaban J connectivity index is 1.75. The zero-order valence-corrected chi connectivity index (χ0v) is 11.1. The van der Waals surface area contributed by atoms with E-state index in [0.717, 1.165) is 11.3 Å². The van der Waals surface area contributed by atoms with E-state index >= 15 is 0 Å². The second-order valence-corrected chi connectivity index (χ2v) is 4.39. The number of nitrogens with one attached hydrogen (secondary N) is 2. The first kappa shape index (κ1) is 13.1. The molecule has 0 aliphatic carbocycles. The van der Waals surface area contributed by atoms with Gasteiger partial charge in [-0.05, 0) is 26.0 Å². The minimum Gasteiger partial charge on any atom is -0.493 e. The van der Waals surface area contributed by atoms with Crippen molar-refractivity contribution in [3.05, 3.63) is 41.6 Å². The Kier molecular flexibility index (Phi) is 4.18. The maximum atomic E-state index is 11.7. The smallest absolute Gasteiger partial charge is 0.228 e. The quantitative estimate of drug-likeness (QED) is 0.866. The molecule has 19 heavy (non-hydrogen) atoms. The average molecular weight is 259 g/mol. The third-order valence-corrected chi connectivity index (χ3v) is 2.71. The van der Waals surface area contributed by atoms with Gasteiger partial charge in [-0.1, -0.05) is 17.7 Å². The molecule has 0 saturated carbocycles. The molecule has 1 aromatic heterocycles. The number of carbonyl (C=O) groups excluding carboxylic acids is 1. The van der Waals surface area contributed by atoms with E-state index in [2.05, 4.69) is 15.5 Å². The van der Waals surface area contributed by atoms with Gasteiger partial charge in [0.2, 0.25) is 5.91 Å². The highest BCUT2D eigenvalue weighted by Crippen LogP contribution is 2.12. The summed E-state index contributed by atoms with van der Waals surface area (Å²) in [5.41, 5.74) is 2.09. The lowest BCUT2D eigenvalue weighted by Crippen LogP contribution is -2.16. The Morgan fingerprint density at radius 1 is 1.32 bits per heavy atom. The number of aromatic amines is 1. The highest BCUT2D eigenvalue weighted by Gasteiger charge is 2.06. The maximum Gasteiger partial charge on any atom is 0.228 e. The third kappa shape index (κ3) is 3.84. The Morgan fingerprint density at radius 2 is 2.05 bits per heavy atom. The lowest BCUT2D eigenvalue weighted by Gasteiger charge is -2.07. The highest BCUT2D eigenvalue weighted by atomic mass is 16.5. The number of nitrogens with zero attached hydrogens (tertiary/aromatic N) is 1. The Labute approximate surface area is 112 Å². The normalized spacial score (nSPS) is 10.2. The Hall–Kier alpha value is -2.30. The summed E-state index contributed by atoms with van der Waals surface area (Å²) in [4.78, 5) is 11.7. The van der Waals surface area contributed by atoms with Crippen molar-refractivity contribution in [3.8, 4) is 5.75 Å².